The van der Waals surface area contributed by atoms with Crippen LogP contribution in [0.3, 0.4) is 0 Å². The second-order valence-electron chi connectivity index (χ2n) is 8.49. The van der Waals surface area contributed by atoms with Crippen molar-refractivity contribution < 1.29 is 22.7 Å². The number of nitrogens with one attached hydrogen (secondary N) is 1. The molecular formula is C24H30N2O5S. The number of methoxy groups -OCH3 is 1. The maximum atomic E-state index is 13.4. The van der Waals surface area contributed by atoms with E-state index in [1.54, 1.807) is 41.7 Å². The molecule has 0 aromatic heterocycles. The molecule has 2 aliphatic carbocycles. The largest absolute Gasteiger partial charge is 0.491 e. The number of carbonyl (C=O) groups is 1. The van der Waals surface area contributed by atoms with E-state index in [9.17, 15) is 13.2 Å². The summed E-state index contributed by atoms with van der Waals surface area (Å²) in [6, 6.07) is 12.5. The van der Waals surface area contributed by atoms with Crippen LogP contribution < -0.4 is 10.1 Å². The Bertz CT molecular complexity index is 1060. The van der Waals surface area contributed by atoms with Crippen LogP contribution in [0.5, 0.6) is 5.75 Å². The van der Waals surface area contributed by atoms with Gasteiger partial charge < -0.3 is 14.8 Å². The first-order valence-corrected chi connectivity index (χ1v) is 12.5. The van der Waals surface area contributed by atoms with E-state index in [0.717, 1.165) is 36.8 Å². The quantitative estimate of drug-likeness (QED) is 0.523. The van der Waals surface area contributed by atoms with Gasteiger partial charge in [-0.15, -0.1) is 0 Å². The lowest BCUT2D eigenvalue weighted by molar-refractivity contribution is 0.0951. The molecule has 0 bridgehead atoms. The average Bonchev–Trinajstić information content (AvgIpc) is 3.69. The molecule has 2 aliphatic rings. The van der Waals surface area contributed by atoms with Gasteiger partial charge in [-0.3, -0.25) is 4.79 Å². The summed E-state index contributed by atoms with van der Waals surface area (Å²) < 4.78 is 39.1. The Morgan fingerprint density at radius 2 is 1.78 bits per heavy atom. The highest BCUT2D eigenvalue weighted by atomic mass is 32.2. The summed E-state index contributed by atoms with van der Waals surface area (Å²) in [4.78, 5) is 12.5. The van der Waals surface area contributed by atoms with Crippen LogP contribution in [0.1, 0.15) is 47.2 Å². The molecule has 2 aromatic rings. The van der Waals surface area contributed by atoms with Crippen molar-refractivity contribution in [3.8, 4) is 5.75 Å². The molecule has 0 saturated heterocycles. The van der Waals surface area contributed by atoms with Crippen LogP contribution in [0.15, 0.2) is 47.4 Å². The summed E-state index contributed by atoms with van der Waals surface area (Å²) in [6.45, 7) is 3.00. The van der Waals surface area contributed by atoms with Gasteiger partial charge in [0, 0.05) is 31.3 Å². The molecule has 7 nitrogen and oxygen atoms in total. The molecule has 0 heterocycles. The van der Waals surface area contributed by atoms with Crippen molar-refractivity contribution in [2.45, 2.75) is 56.1 Å². The fraction of sp³-hybridized carbons (Fsp3) is 0.458. The molecular weight excluding hydrogens is 428 g/mol. The molecule has 0 atom stereocenters. The van der Waals surface area contributed by atoms with Gasteiger partial charge >= 0.3 is 0 Å². The number of amides is 1. The zero-order valence-corrected chi connectivity index (χ0v) is 19.4. The number of hydrogen-bond donors (Lipinski definition) is 1. The van der Waals surface area contributed by atoms with E-state index < -0.39 is 10.0 Å². The number of ether oxygens (including phenoxy) is 2. The SMILES string of the molecule is COCCOc1ccc(S(=O)(=O)N(Cc2ccc(C(=O)NC3CC3)cc2)C2CC2)cc1C. The van der Waals surface area contributed by atoms with Crippen molar-refractivity contribution in [1.82, 2.24) is 9.62 Å². The Kier molecular flexibility index (Phi) is 6.83. The van der Waals surface area contributed by atoms with Gasteiger partial charge in [-0.2, -0.15) is 4.31 Å². The second-order valence-corrected chi connectivity index (χ2v) is 10.4. The van der Waals surface area contributed by atoms with Crippen molar-refractivity contribution in [3.63, 3.8) is 0 Å². The minimum absolute atomic E-state index is 0.00998. The van der Waals surface area contributed by atoms with E-state index in [-0.39, 0.29) is 23.4 Å². The van der Waals surface area contributed by atoms with Gasteiger partial charge in [0.2, 0.25) is 10.0 Å². The number of benzene rings is 2. The minimum atomic E-state index is -3.66. The van der Waals surface area contributed by atoms with Crippen LogP contribution in [0, 0.1) is 6.92 Å². The van der Waals surface area contributed by atoms with Gasteiger partial charge in [0.1, 0.15) is 12.4 Å². The monoisotopic (exact) mass is 458 g/mol. The summed E-state index contributed by atoms with van der Waals surface area (Å²) in [5, 5.41) is 2.97. The molecule has 1 N–H and O–H groups in total. The Labute approximate surface area is 189 Å². The second kappa shape index (κ2) is 9.60. The topological polar surface area (TPSA) is 84.9 Å². The summed E-state index contributed by atoms with van der Waals surface area (Å²) in [5.41, 5.74) is 2.23. The third-order valence-corrected chi connectivity index (χ3v) is 7.61. The molecule has 0 unspecified atom stereocenters. The number of aryl methyl sites for hydroxylation is 1. The molecule has 2 fully saturated rings. The van der Waals surface area contributed by atoms with E-state index in [1.165, 1.54) is 0 Å². The first kappa shape index (κ1) is 22.8. The molecule has 4 rings (SSSR count). The number of sulfonamides is 1. The molecule has 32 heavy (non-hydrogen) atoms. The van der Waals surface area contributed by atoms with E-state index in [2.05, 4.69) is 5.32 Å². The normalized spacial score (nSPS) is 16.2. The zero-order valence-electron chi connectivity index (χ0n) is 18.5. The van der Waals surface area contributed by atoms with Crippen LogP contribution >= 0.6 is 0 Å². The zero-order chi connectivity index (χ0) is 22.7. The van der Waals surface area contributed by atoms with Gasteiger partial charge in [-0.05, 0) is 74.1 Å². The molecule has 0 spiro atoms. The van der Waals surface area contributed by atoms with Gasteiger partial charge in [0.05, 0.1) is 11.5 Å². The lowest BCUT2D eigenvalue weighted by Gasteiger charge is -2.23. The Morgan fingerprint density at radius 1 is 1.06 bits per heavy atom. The van der Waals surface area contributed by atoms with Crippen LogP contribution in [-0.4, -0.2) is 51.0 Å². The molecule has 0 aliphatic heterocycles. The molecule has 1 amide bonds. The average molecular weight is 459 g/mol. The van der Waals surface area contributed by atoms with Crippen molar-refractivity contribution in [2.24, 2.45) is 0 Å². The van der Waals surface area contributed by atoms with Crippen LogP contribution in [0.2, 0.25) is 0 Å². The van der Waals surface area contributed by atoms with Crippen molar-refractivity contribution in [2.75, 3.05) is 20.3 Å². The summed E-state index contributed by atoms with van der Waals surface area (Å²) in [5.74, 6) is 0.577. The van der Waals surface area contributed by atoms with Gasteiger partial charge in [-0.25, -0.2) is 8.42 Å². The summed E-state index contributed by atoms with van der Waals surface area (Å²) in [6.07, 6.45) is 3.80. The van der Waals surface area contributed by atoms with E-state index in [1.807, 2.05) is 19.1 Å². The summed E-state index contributed by atoms with van der Waals surface area (Å²) >= 11 is 0. The standard InChI is InChI=1S/C24H30N2O5S/c1-17-15-22(11-12-23(17)31-14-13-30-2)32(28,29)26(21-9-10-21)16-18-3-5-19(6-4-18)24(27)25-20-7-8-20/h3-6,11-12,15,20-21H,7-10,13-14,16H2,1-2H3,(H,25,27). The number of nitrogens with zero attached hydrogens (tertiary/aromatic N) is 1. The smallest absolute Gasteiger partial charge is 0.251 e. The molecule has 172 valence electrons. The Balaban J connectivity index is 1.48. The number of carbonyl (C=O) groups excluding carboxylic acids is 1. The first-order chi connectivity index (χ1) is 15.4. The molecule has 2 saturated carbocycles. The van der Waals surface area contributed by atoms with Gasteiger partial charge in [-0.1, -0.05) is 12.1 Å². The third kappa shape index (κ3) is 5.49. The molecule has 2 aromatic carbocycles. The van der Waals surface area contributed by atoms with E-state index in [0.29, 0.717) is 30.6 Å². The summed E-state index contributed by atoms with van der Waals surface area (Å²) in [7, 11) is -2.05. The maximum Gasteiger partial charge on any atom is 0.251 e. The van der Waals surface area contributed by atoms with Crippen LogP contribution in [-0.2, 0) is 21.3 Å². The molecule has 8 heteroatoms. The highest BCUT2D eigenvalue weighted by Gasteiger charge is 2.38. The van der Waals surface area contributed by atoms with Crippen LogP contribution in [0.4, 0.5) is 0 Å². The highest BCUT2D eigenvalue weighted by Crippen LogP contribution is 2.34. The fourth-order valence-corrected chi connectivity index (χ4v) is 5.28. The molecule has 0 radical (unpaired) electrons. The minimum Gasteiger partial charge on any atom is -0.491 e. The van der Waals surface area contributed by atoms with E-state index >= 15 is 0 Å². The number of hydrogen-bond acceptors (Lipinski definition) is 5. The van der Waals surface area contributed by atoms with E-state index in [4.69, 9.17) is 9.47 Å². The first-order valence-electron chi connectivity index (χ1n) is 11.0. The fourth-order valence-electron chi connectivity index (χ4n) is 3.53. The number of rotatable bonds is 11. The van der Waals surface area contributed by atoms with Gasteiger partial charge in [0.15, 0.2) is 0 Å². The van der Waals surface area contributed by atoms with Crippen molar-refractivity contribution in [1.29, 1.82) is 0 Å². The maximum absolute atomic E-state index is 13.4. The van der Waals surface area contributed by atoms with Gasteiger partial charge in [0.25, 0.3) is 5.91 Å². The lowest BCUT2D eigenvalue weighted by atomic mass is 10.1. The van der Waals surface area contributed by atoms with Crippen molar-refractivity contribution in [3.05, 3.63) is 59.2 Å². The highest BCUT2D eigenvalue weighted by molar-refractivity contribution is 7.89. The predicted molar refractivity (Wildman–Crippen MR) is 121 cm³/mol. The Hall–Kier alpha value is -2.42. The van der Waals surface area contributed by atoms with Crippen molar-refractivity contribution >= 4 is 15.9 Å². The third-order valence-electron chi connectivity index (χ3n) is 5.72. The van der Waals surface area contributed by atoms with Crippen LogP contribution in [0.25, 0.3) is 0 Å². The predicted octanol–water partition coefficient (Wildman–Crippen LogP) is 3.27. The lowest BCUT2D eigenvalue weighted by Crippen LogP contribution is -2.32. The Morgan fingerprint density at radius 3 is 2.38 bits per heavy atom.